The van der Waals surface area contributed by atoms with E-state index < -0.39 is 0 Å². The number of carbonyl (C=O) groups is 1. The number of ether oxygens (including phenoxy) is 1. The van der Waals surface area contributed by atoms with Gasteiger partial charge in [-0.3, -0.25) is 9.80 Å². The van der Waals surface area contributed by atoms with Crippen LogP contribution in [0.5, 0.6) is 11.6 Å². The van der Waals surface area contributed by atoms with Gasteiger partial charge in [-0.1, -0.05) is 13.0 Å². The van der Waals surface area contributed by atoms with E-state index >= 15 is 0 Å². The van der Waals surface area contributed by atoms with Crippen LogP contribution in [0.15, 0.2) is 59.8 Å². The van der Waals surface area contributed by atoms with E-state index in [1.807, 2.05) is 44.5 Å². The zero-order valence-corrected chi connectivity index (χ0v) is 19.0. The summed E-state index contributed by atoms with van der Waals surface area (Å²) in [5.74, 6) is 0.985. The van der Waals surface area contributed by atoms with Gasteiger partial charge in [-0.2, -0.15) is 5.10 Å². The molecule has 34 heavy (non-hydrogen) atoms. The van der Waals surface area contributed by atoms with Gasteiger partial charge in [0.2, 0.25) is 5.88 Å². The lowest BCUT2D eigenvalue weighted by molar-refractivity contribution is 0.0872. The third kappa shape index (κ3) is 3.81. The molecule has 0 spiro atoms. The molecule has 2 aromatic heterocycles. The Morgan fingerprint density at radius 2 is 2.03 bits per heavy atom. The summed E-state index contributed by atoms with van der Waals surface area (Å²) in [4.78, 5) is 25.0. The summed E-state index contributed by atoms with van der Waals surface area (Å²) in [6.07, 6.45) is 3.28. The number of phenolic OH excluding ortho intramolecular Hbond substituents is 1. The van der Waals surface area contributed by atoms with Gasteiger partial charge in [-0.05, 0) is 48.0 Å². The van der Waals surface area contributed by atoms with Crippen molar-refractivity contribution in [3.8, 4) is 34.1 Å². The molecule has 1 aliphatic rings. The van der Waals surface area contributed by atoms with Crippen molar-refractivity contribution in [3.05, 3.63) is 60.3 Å². The monoisotopic (exact) mass is 456 g/mol. The topological polar surface area (TPSA) is 116 Å². The maximum absolute atomic E-state index is 12.8. The van der Waals surface area contributed by atoms with Crippen molar-refractivity contribution in [2.24, 2.45) is 11.0 Å². The molecule has 5 rings (SSSR count). The fourth-order valence-corrected chi connectivity index (χ4v) is 4.09. The van der Waals surface area contributed by atoms with Gasteiger partial charge in [0.05, 0.1) is 23.7 Å². The Bertz CT molecular complexity index is 1400. The Labute approximate surface area is 196 Å². The number of rotatable bonds is 5. The highest BCUT2D eigenvalue weighted by Gasteiger charge is 2.27. The van der Waals surface area contributed by atoms with Gasteiger partial charge in [0.1, 0.15) is 17.7 Å². The van der Waals surface area contributed by atoms with E-state index in [0.29, 0.717) is 28.3 Å². The number of aromatic amines is 1. The van der Waals surface area contributed by atoms with Crippen molar-refractivity contribution in [2.75, 3.05) is 14.2 Å². The number of pyridine rings is 1. The number of hydrogen-bond donors (Lipinski definition) is 3. The number of H-pyrrole nitrogens is 1. The van der Waals surface area contributed by atoms with E-state index in [2.05, 4.69) is 25.4 Å². The number of aromatic nitrogens is 3. The van der Waals surface area contributed by atoms with Gasteiger partial charge in [0, 0.05) is 36.5 Å². The summed E-state index contributed by atoms with van der Waals surface area (Å²) in [6.45, 7) is 2.00. The highest BCUT2D eigenvalue weighted by Crippen LogP contribution is 2.35. The molecule has 2 aromatic carbocycles. The van der Waals surface area contributed by atoms with E-state index in [9.17, 15) is 9.90 Å². The van der Waals surface area contributed by atoms with Crippen molar-refractivity contribution in [3.63, 3.8) is 0 Å². The lowest BCUT2D eigenvalue weighted by Crippen LogP contribution is -2.45. The smallest absolute Gasteiger partial charge is 0.253 e. The third-order valence-corrected chi connectivity index (χ3v) is 5.94. The molecule has 0 saturated heterocycles. The second kappa shape index (κ2) is 8.51. The van der Waals surface area contributed by atoms with Gasteiger partial charge in [-0.25, -0.2) is 9.97 Å². The minimum Gasteiger partial charge on any atom is -0.507 e. The quantitative estimate of drug-likeness (QED) is 0.422. The first-order valence-corrected chi connectivity index (χ1v) is 10.8. The first-order chi connectivity index (χ1) is 16.4. The average Bonchev–Trinajstić information content (AvgIpc) is 3.42. The number of nitrogens with one attached hydrogen (secondary N) is 2. The number of methoxy groups -OCH3 is 1. The zero-order chi connectivity index (χ0) is 23.8. The van der Waals surface area contributed by atoms with E-state index in [1.165, 1.54) is 0 Å². The molecule has 2 unspecified atom stereocenters. The largest absolute Gasteiger partial charge is 0.507 e. The molecular formula is C25H24N6O3. The van der Waals surface area contributed by atoms with Crippen molar-refractivity contribution in [2.45, 2.75) is 13.1 Å². The molecule has 0 fully saturated rings. The number of benzene rings is 2. The summed E-state index contributed by atoms with van der Waals surface area (Å²) >= 11 is 0. The maximum Gasteiger partial charge on any atom is 0.253 e. The molecule has 0 saturated carbocycles. The summed E-state index contributed by atoms with van der Waals surface area (Å²) in [7, 11) is 3.40. The molecule has 1 aliphatic heterocycles. The van der Waals surface area contributed by atoms with Gasteiger partial charge < -0.3 is 20.1 Å². The highest BCUT2D eigenvalue weighted by molar-refractivity contribution is 5.98. The molecular weight excluding hydrogens is 432 g/mol. The van der Waals surface area contributed by atoms with Crippen LogP contribution in [-0.2, 0) is 0 Å². The molecule has 1 amide bonds. The lowest BCUT2D eigenvalue weighted by Gasteiger charge is -2.23. The molecule has 0 radical (unpaired) electrons. The minimum atomic E-state index is -0.200. The standard InChI is InChI=1S/C25H24N6O3/c1-14-13-27-31(2)23(14)30-24(33)16-6-8-19-20(12-16)29-22(28-19)18-11-15(7-9-21(18)32)17-5-4-10-26-25(17)34-3/h4-14,23,32H,1-3H3,(H,28,29)(H,30,33). The lowest BCUT2D eigenvalue weighted by atomic mass is 10.0. The van der Waals surface area contributed by atoms with E-state index in [4.69, 9.17) is 4.74 Å². The van der Waals surface area contributed by atoms with E-state index in [-0.39, 0.29) is 23.7 Å². The fraction of sp³-hybridized carbons (Fsp3) is 0.200. The molecule has 3 N–H and O–H groups in total. The first-order valence-electron chi connectivity index (χ1n) is 10.8. The van der Waals surface area contributed by atoms with Crippen LogP contribution < -0.4 is 10.1 Å². The van der Waals surface area contributed by atoms with Crippen molar-refractivity contribution in [1.29, 1.82) is 0 Å². The third-order valence-electron chi connectivity index (χ3n) is 5.94. The predicted molar refractivity (Wildman–Crippen MR) is 130 cm³/mol. The number of hydrogen-bond acceptors (Lipinski definition) is 7. The average molecular weight is 457 g/mol. The SMILES string of the molecule is COc1ncccc1-c1ccc(O)c(-c2nc3cc(C(=O)NC4C(C)C=NN4C)ccc3[nH]2)c1. The number of fused-ring (bicyclic) bond motifs is 1. The second-order valence-electron chi connectivity index (χ2n) is 8.23. The summed E-state index contributed by atoms with van der Waals surface area (Å²) in [5.41, 5.74) is 4.03. The molecule has 0 bridgehead atoms. The Hall–Kier alpha value is -4.40. The number of amides is 1. The minimum absolute atomic E-state index is 0.0851. The number of carbonyl (C=O) groups excluding carboxylic acids is 1. The molecule has 3 heterocycles. The van der Waals surface area contributed by atoms with Gasteiger partial charge >= 0.3 is 0 Å². The number of nitrogens with zero attached hydrogens (tertiary/aromatic N) is 4. The van der Waals surface area contributed by atoms with Gasteiger partial charge in [0.15, 0.2) is 0 Å². The molecule has 2 atom stereocenters. The number of aromatic hydroxyl groups is 1. The zero-order valence-electron chi connectivity index (χ0n) is 19.0. The fourth-order valence-electron chi connectivity index (χ4n) is 4.09. The van der Waals surface area contributed by atoms with Gasteiger partial charge in [-0.15, -0.1) is 0 Å². The van der Waals surface area contributed by atoms with Crippen molar-refractivity contribution >= 4 is 23.2 Å². The van der Waals surface area contributed by atoms with Crippen LogP contribution in [0.1, 0.15) is 17.3 Å². The van der Waals surface area contributed by atoms with Crippen LogP contribution in [0.25, 0.3) is 33.5 Å². The summed E-state index contributed by atoms with van der Waals surface area (Å²) in [5, 5.41) is 19.5. The van der Waals surface area contributed by atoms with Crippen LogP contribution >= 0.6 is 0 Å². The van der Waals surface area contributed by atoms with Crippen LogP contribution in [0.4, 0.5) is 0 Å². The Balaban J connectivity index is 1.47. The van der Waals surface area contributed by atoms with E-state index in [1.54, 1.807) is 42.6 Å². The maximum atomic E-state index is 12.8. The van der Waals surface area contributed by atoms with E-state index in [0.717, 1.165) is 16.6 Å². The second-order valence-corrected chi connectivity index (χ2v) is 8.23. The van der Waals surface area contributed by atoms with Gasteiger partial charge in [0.25, 0.3) is 5.91 Å². The normalized spacial score (nSPS) is 17.3. The summed E-state index contributed by atoms with van der Waals surface area (Å²) < 4.78 is 5.37. The Morgan fingerprint density at radius 3 is 2.79 bits per heavy atom. The van der Waals surface area contributed by atoms with Crippen LogP contribution in [-0.4, -0.2) is 57.5 Å². The first kappa shape index (κ1) is 21.4. The Morgan fingerprint density at radius 1 is 1.18 bits per heavy atom. The molecule has 4 aromatic rings. The highest BCUT2D eigenvalue weighted by atomic mass is 16.5. The molecule has 0 aliphatic carbocycles. The van der Waals surface area contributed by atoms with Crippen molar-refractivity contribution < 1.29 is 14.6 Å². The number of hydrazone groups is 1. The van der Waals surface area contributed by atoms with Crippen LogP contribution in [0, 0.1) is 5.92 Å². The molecule has 9 heteroatoms. The summed E-state index contributed by atoms with van der Waals surface area (Å²) in [6, 6.07) is 14.3. The van der Waals surface area contributed by atoms with Crippen LogP contribution in [0.3, 0.4) is 0 Å². The van der Waals surface area contributed by atoms with Crippen molar-refractivity contribution in [1.82, 2.24) is 25.3 Å². The predicted octanol–water partition coefficient (Wildman–Crippen LogP) is 3.63. The van der Waals surface area contributed by atoms with Crippen LogP contribution in [0.2, 0.25) is 0 Å². The number of imidazole rings is 1. The molecule has 9 nitrogen and oxygen atoms in total. The molecule has 172 valence electrons. The Kier molecular flexibility index (Phi) is 5.37. The number of phenols is 1.